The molecule has 1 N–H and O–H groups in total. The van der Waals surface area contributed by atoms with E-state index in [1.165, 1.54) is 6.07 Å². The minimum atomic E-state index is -0.860. The molecule has 1 atom stereocenters. The van der Waals surface area contributed by atoms with Crippen LogP contribution in [-0.4, -0.2) is 11.2 Å². The maximum atomic E-state index is 12.7. The van der Waals surface area contributed by atoms with E-state index in [1.54, 1.807) is 0 Å². The molecule has 0 spiro atoms. The SMILES string of the molecule is CC[C@@H](O)Cc1ccc(F)c(F)c1. The van der Waals surface area contributed by atoms with Gasteiger partial charge in [-0.15, -0.1) is 0 Å². The van der Waals surface area contributed by atoms with E-state index >= 15 is 0 Å². The molecule has 1 nitrogen and oxygen atoms in total. The van der Waals surface area contributed by atoms with Crippen LogP contribution in [0.15, 0.2) is 18.2 Å². The molecule has 0 aromatic heterocycles. The summed E-state index contributed by atoms with van der Waals surface area (Å²) in [5, 5.41) is 9.26. The van der Waals surface area contributed by atoms with E-state index in [9.17, 15) is 13.9 Å². The van der Waals surface area contributed by atoms with Gasteiger partial charge in [0.15, 0.2) is 11.6 Å². The van der Waals surface area contributed by atoms with Gasteiger partial charge >= 0.3 is 0 Å². The average Bonchev–Trinajstić information content (AvgIpc) is 2.11. The average molecular weight is 186 g/mol. The number of benzene rings is 1. The van der Waals surface area contributed by atoms with Gasteiger partial charge in [-0.2, -0.15) is 0 Å². The smallest absolute Gasteiger partial charge is 0.159 e. The van der Waals surface area contributed by atoms with E-state index in [0.29, 0.717) is 18.4 Å². The first-order valence-corrected chi connectivity index (χ1v) is 4.25. The largest absolute Gasteiger partial charge is 0.393 e. The molecule has 0 aliphatic carbocycles. The zero-order chi connectivity index (χ0) is 9.84. The van der Waals surface area contributed by atoms with Crippen molar-refractivity contribution in [2.24, 2.45) is 0 Å². The van der Waals surface area contributed by atoms with Crippen LogP contribution in [0.25, 0.3) is 0 Å². The summed E-state index contributed by atoms with van der Waals surface area (Å²) in [7, 11) is 0. The highest BCUT2D eigenvalue weighted by Gasteiger charge is 2.06. The highest BCUT2D eigenvalue weighted by Crippen LogP contribution is 2.11. The molecule has 0 saturated heterocycles. The van der Waals surface area contributed by atoms with Gasteiger partial charge in [-0.3, -0.25) is 0 Å². The summed E-state index contributed by atoms with van der Waals surface area (Å²) in [6.45, 7) is 1.84. The number of aliphatic hydroxyl groups excluding tert-OH is 1. The molecular weight excluding hydrogens is 174 g/mol. The summed E-state index contributed by atoms with van der Waals surface area (Å²) in [5.74, 6) is -1.71. The summed E-state index contributed by atoms with van der Waals surface area (Å²) in [5.41, 5.74) is 0.619. The molecule has 0 bridgehead atoms. The highest BCUT2D eigenvalue weighted by atomic mass is 19.2. The van der Waals surface area contributed by atoms with Gasteiger partial charge in [-0.25, -0.2) is 8.78 Å². The second kappa shape index (κ2) is 4.33. The molecule has 3 heteroatoms. The first-order valence-electron chi connectivity index (χ1n) is 4.25. The van der Waals surface area contributed by atoms with Crippen molar-refractivity contribution in [2.75, 3.05) is 0 Å². The Hall–Kier alpha value is -0.960. The Morgan fingerprint density at radius 1 is 1.31 bits per heavy atom. The van der Waals surface area contributed by atoms with E-state index < -0.39 is 17.7 Å². The van der Waals surface area contributed by atoms with Crippen LogP contribution in [0.2, 0.25) is 0 Å². The lowest BCUT2D eigenvalue weighted by atomic mass is 10.1. The monoisotopic (exact) mass is 186 g/mol. The van der Waals surface area contributed by atoms with Crippen molar-refractivity contribution in [2.45, 2.75) is 25.9 Å². The predicted octanol–water partition coefficient (Wildman–Crippen LogP) is 2.28. The quantitative estimate of drug-likeness (QED) is 0.767. The normalized spacial score (nSPS) is 12.9. The summed E-state index contributed by atoms with van der Waals surface area (Å²) in [4.78, 5) is 0. The van der Waals surface area contributed by atoms with Gasteiger partial charge in [-0.1, -0.05) is 13.0 Å². The number of hydrogen-bond acceptors (Lipinski definition) is 1. The lowest BCUT2D eigenvalue weighted by Crippen LogP contribution is -2.08. The Kier molecular flexibility index (Phi) is 3.37. The third-order valence-corrected chi connectivity index (χ3v) is 1.93. The molecule has 0 amide bonds. The van der Waals surface area contributed by atoms with Crippen molar-refractivity contribution >= 4 is 0 Å². The standard InChI is InChI=1S/C10H12F2O/c1-2-8(13)5-7-3-4-9(11)10(12)6-7/h3-4,6,8,13H,2,5H2,1H3/t8-/m1/s1. The fourth-order valence-electron chi connectivity index (χ4n) is 1.08. The van der Waals surface area contributed by atoms with Crippen LogP contribution in [0, 0.1) is 11.6 Å². The first kappa shape index (κ1) is 10.1. The van der Waals surface area contributed by atoms with Crippen molar-refractivity contribution < 1.29 is 13.9 Å². The molecular formula is C10H12F2O. The fourth-order valence-corrected chi connectivity index (χ4v) is 1.08. The van der Waals surface area contributed by atoms with Crippen LogP contribution in [0.5, 0.6) is 0 Å². The van der Waals surface area contributed by atoms with Gasteiger partial charge < -0.3 is 5.11 Å². The van der Waals surface area contributed by atoms with Crippen LogP contribution in [0.4, 0.5) is 8.78 Å². The molecule has 13 heavy (non-hydrogen) atoms. The van der Waals surface area contributed by atoms with E-state index in [-0.39, 0.29) is 0 Å². The molecule has 0 radical (unpaired) electrons. The Bertz CT molecular complexity index is 286. The molecule has 0 fully saturated rings. The van der Waals surface area contributed by atoms with Gasteiger partial charge in [-0.05, 0) is 30.5 Å². The molecule has 1 rings (SSSR count). The molecule has 0 saturated carbocycles. The van der Waals surface area contributed by atoms with Crippen molar-refractivity contribution in [3.8, 4) is 0 Å². The second-order valence-electron chi connectivity index (χ2n) is 3.01. The Labute approximate surface area is 76.0 Å². The lowest BCUT2D eigenvalue weighted by Gasteiger charge is -2.07. The van der Waals surface area contributed by atoms with Crippen molar-refractivity contribution in [1.29, 1.82) is 0 Å². The maximum Gasteiger partial charge on any atom is 0.159 e. The van der Waals surface area contributed by atoms with Crippen LogP contribution < -0.4 is 0 Å². The second-order valence-corrected chi connectivity index (χ2v) is 3.01. The van der Waals surface area contributed by atoms with E-state index in [2.05, 4.69) is 0 Å². The molecule has 1 aromatic rings. The van der Waals surface area contributed by atoms with E-state index in [4.69, 9.17) is 0 Å². The number of halogens is 2. The van der Waals surface area contributed by atoms with Crippen LogP contribution >= 0.6 is 0 Å². The maximum absolute atomic E-state index is 12.7. The summed E-state index contributed by atoms with van der Waals surface area (Å²) in [6.07, 6.45) is 0.497. The van der Waals surface area contributed by atoms with Crippen molar-refractivity contribution in [1.82, 2.24) is 0 Å². The minimum Gasteiger partial charge on any atom is -0.393 e. The topological polar surface area (TPSA) is 20.2 Å². The molecule has 0 aliphatic heterocycles. The molecule has 0 aliphatic rings. The first-order chi connectivity index (χ1) is 6.13. The van der Waals surface area contributed by atoms with Crippen molar-refractivity contribution in [3.05, 3.63) is 35.4 Å². The predicted molar refractivity (Wildman–Crippen MR) is 46.4 cm³/mol. The molecule has 1 aromatic carbocycles. The third-order valence-electron chi connectivity index (χ3n) is 1.93. The van der Waals surface area contributed by atoms with Crippen LogP contribution in [0.1, 0.15) is 18.9 Å². The zero-order valence-corrected chi connectivity index (χ0v) is 7.43. The summed E-state index contributed by atoms with van der Waals surface area (Å²) >= 11 is 0. The van der Waals surface area contributed by atoms with Gasteiger partial charge in [0.05, 0.1) is 6.10 Å². The minimum absolute atomic E-state index is 0.369. The van der Waals surface area contributed by atoms with Crippen molar-refractivity contribution in [3.63, 3.8) is 0 Å². The molecule has 0 unspecified atom stereocenters. The van der Waals surface area contributed by atoms with Crippen LogP contribution in [-0.2, 0) is 6.42 Å². The third kappa shape index (κ3) is 2.77. The van der Waals surface area contributed by atoms with Gasteiger partial charge in [0.25, 0.3) is 0 Å². The van der Waals surface area contributed by atoms with Gasteiger partial charge in [0.1, 0.15) is 0 Å². The Morgan fingerprint density at radius 3 is 2.54 bits per heavy atom. The van der Waals surface area contributed by atoms with E-state index in [0.717, 1.165) is 12.1 Å². The number of hydrogen-bond donors (Lipinski definition) is 1. The fraction of sp³-hybridized carbons (Fsp3) is 0.400. The number of rotatable bonds is 3. The van der Waals surface area contributed by atoms with Crippen LogP contribution in [0.3, 0.4) is 0 Å². The highest BCUT2D eigenvalue weighted by molar-refractivity contribution is 5.18. The van der Waals surface area contributed by atoms with Gasteiger partial charge in [0.2, 0.25) is 0 Å². The molecule has 72 valence electrons. The summed E-state index contributed by atoms with van der Waals surface area (Å²) < 4.78 is 25.2. The van der Waals surface area contributed by atoms with E-state index in [1.807, 2.05) is 6.92 Å². The zero-order valence-electron chi connectivity index (χ0n) is 7.43. The summed E-state index contributed by atoms with van der Waals surface area (Å²) in [6, 6.07) is 3.68. The lowest BCUT2D eigenvalue weighted by molar-refractivity contribution is 0.170. The Balaban J connectivity index is 2.73. The Morgan fingerprint density at radius 2 is 2.00 bits per heavy atom. The molecule has 0 heterocycles. The number of aliphatic hydroxyl groups is 1. The van der Waals surface area contributed by atoms with Gasteiger partial charge in [0, 0.05) is 0 Å².